The predicted molar refractivity (Wildman–Crippen MR) is 136 cm³/mol. The number of ether oxygens (including phenoxy) is 1. The van der Waals surface area contributed by atoms with Gasteiger partial charge in [-0.05, 0) is 49.2 Å². The summed E-state index contributed by atoms with van der Waals surface area (Å²) in [4.78, 5) is 31.9. The van der Waals surface area contributed by atoms with Gasteiger partial charge in [0.2, 0.25) is 0 Å². The van der Waals surface area contributed by atoms with Crippen LogP contribution in [0.2, 0.25) is 0 Å². The molecule has 1 aromatic heterocycles. The van der Waals surface area contributed by atoms with E-state index in [1.165, 1.54) is 18.3 Å². The summed E-state index contributed by atoms with van der Waals surface area (Å²) in [5.74, 6) is 0.513. The molecule has 170 valence electrons. The fourth-order valence-electron chi connectivity index (χ4n) is 4.59. The Labute approximate surface area is 201 Å². The lowest BCUT2D eigenvalue weighted by molar-refractivity contribution is -0.114. The number of carbonyl (C=O) groups is 1. The minimum Gasteiger partial charge on any atom is -0.496 e. The number of carbonyl (C=O) groups excluding carboxylic acids is 1. The van der Waals surface area contributed by atoms with Gasteiger partial charge in [0.15, 0.2) is 10.6 Å². The fraction of sp³-hybridized carbons (Fsp3) is 0.179. The third kappa shape index (κ3) is 3.60. The van der Waals surface area contributed by atoms with Gasteiger partial charge in [-0.15, -0.1) is 0 Å². The number of aryl methyl sites for hydroxylation is 1. The molecule has 3 aromatic carbocycles. The van der Waals surface area contributed by atoms with E-state index in [0.29, 0.717) is 26.4 Å². The third-order valence-electron chi connectivity index (χ3n) is 6.20. The van der Waals surface area contributed by atoms with E-state index in [1.807, 2.05) is 80.6 Å². The molecule has 0 amide bonds. The molecule has 1 atom stereocenters. The lowest BCUT2D eigenvalue weighted by Crippen LogP contribution is -2.39. The van der Waals surface area contributed by atoms with Crippen LogP contribution < -0.4 is 19.6 Å². The quantitative estimate of drug-likeness (QED) is 0.449. The second-order valence-electron chi connectivity index (χ2n) is 8.45. The smallest absolute Gasteiger partial charge is 0.271 e. The van der Waals surface area contributed by atoms with Gasteiger partial charge in [0.1, 0.15) is 5.75 Å². The van der Waals surface area contributed by atoms with Crippen molar-refractivity contribution in [3.63, 3.8) is 0 Å². The van der Waals surface area contributed by atoms with Crippen LogP contribution in [0.5, 0.6) is 5.75 Å². The molecule has 5 nitrogen and oxygen atoms in total. The van der Waals surface area contributed by atoms with Crippen molar-refractivity contribution >= 4 is 34.0 Å². The molecule has 0 radical (unpaired) electrons. The molecule has 0 saturated carbocycles. The van der Waals surface area contributed by atoms with Crippen LogP contribution in [-0.4, -0.2) is 17.5 Å². The number of methoxy groups -OCH3 is 1. The summed E-state index contributed by atoms with van der Waals surface area (Å²) in [6.07, 6.45) is 1.88. The lowest BCUT2D eigenvalue weighted by atomic mass is 9.89. The summed E-state index contributed by atoms with van der Waals surface area (Å²) in [5, 5.41) is 1.95. The number of aromatic nitrogens is 1. The Bertz CT molecular complexity index is 1660. The monoisotopic (exact) mass is 468 g/mol. The summed E-state index contributed by atoms with van der Waals surface area (Å²) < 4.78 is 7.98. The van der Waals surface area contributed by atoms with E-state index in [2.05, 4.69) is 4.99 Å². The van der Waals surface area contributed by atoms with Crippen LogP contribution >= 0.6 is 11.3 Å². The van der Waals surface area contributed by atoms with Gasteiger partial charge in [-0.2, -0.15) is 0 Å². The molecule has 0 N–H and O–H groups in total. The number of ketones is 1. The topological polar surface area (TPSA) is 60.7 Å². The third-order valence-corrected chi connectivity index (χ3v) is 7.18. The highest BCUT2D eigenvalue weighted by Gasteiger charge is 2.33. The van der Waals surface area contributed by atoms with Crippen molar-refractivity contribution in [1.82, 2.24) is 4.57 Å². The van der Waals surface area contributed by atoms with Crippen molar-refractivity contribution in [1.29, 1.82) is 0 Å². The predicted octanol–water partition coefficient (Wildman–Crippen LogP) is 4.29. The summed E-state index contributed by atoms with van der Waals surface area (Å²) in [7, 11) is 1.61. The Hall–Kier alpha value is -3.77. The first-order chi connectivity index (χ1) is 16.4. The van der Waals surface area contributed by atoms with E-state index in [1.54, 1.807) is 11.7 Å². The summed E-state index contributed by atoms with van der Waals surface area (Å²) in [5.41, 5.74) is 3.85. The van der Waals surface area contributed by atoms with Crippen LogP contribution in [0.15, 0.2) is 81.7 Å². The SMILES string of the molecule is COc1ccc2ccccc2c1[C@@H]1C(C(C)=O)=C(C)N=c2sc(=Cc3ccc(C)cc3)c(=O)n21. The van der Waals surface area contributed by atoms with E-state index in [0.717, 1.165) is 27.5 Å². The van der Waals surface area contributed by atoms with E-state index in [4.69, 9.17) is 4.74 Å². The molecule has 1 aliphatic rings. The summed E-state index contributed by atoms with van der Waals surface area (Å²) in [6, 6.07) is 19.2. The minimum atomic E-state index is -0.630. The van der Waals surface area contributed by atoms with Gasteiger partial charge < -0.3 is 4.74 Å². The van der Waals surface area contributed by atoms with E-state index in [-0.39, 0.29) is 11.3 Å². The van der Waals surface area contributed by atoms with Crippen molar-refractivity contribution in [3.8, 4) is 5.75 Å². The molecular formula is C28H24N2O3S. The van der Waals surface area contributed by atoms with Gasteiger partial charge in [0, 0.05) is 16.8 Å². The Morgan fingerprint density at radius 1 is 1.06 bits per heavy atom. The van der Waals surface area contributed by atoms with Crippen molar-refractivity contribution in [2.24, 2.45) is 4.99 Å². The number of thiazole rings is 1. The second-order valence-corrected chi connectivity index (χ2v) is 9.46. The highest BCUT2D eigenvalue weighted by Crippen LogP contribution is 2.40. The van der Waals surface area contributed by atoms with Gasteiger partial charge in [0.05, 0.1) is 17.7 Å². The van der Waals surface area contributed by atoms with E-state index >= 15 is 0 Å². The van der Waals surface area contributed by atoms with Crippen molar-refractivity contribution in [3.05, 3.63) is 108 Å². The molecule has 5 rings (SSSR count). The molecule has 0 spiro atoms. The zero-order valence-corrected chi connectivity index (χ0v) is 20.3. The largest absolute Gasteiger partial charge is 0.496 e. The standard InChI is InChI=1S/C28H24N2O3S/c1-16-9-11-19(12-10-16)15-23-27(32)30-26(24(18(3)31)17(2)29-28(30)34-23)25-21-8-6-5-7-20(21)13-14-22(25)33-4/h5-15,26H,1-4H3/t26-/m0/s1. The van der Waals surface area contributed by atoms with Crippen molar-refractivity contribution in [2.45, 2.75) is 26.8 Å². The zero-order valence-electron chi connectivity index (χ0n) is 19.5. The summed E-state index contributed by atoms with van der Waals surface area (Å²) in [6.45, 7) is 5.39. The summed E-state index contributed by atoms with van der Waals surface area (Å²) >= 11 is 1.34. The number of allylic oxidation sites excluding steroid dienone is 2. The highest BCUT2D eigenvalue weighted by molar-refractivity contribution is 7.07. The van der Waals surface area contributed by atoms with Crippen molar-refractivity contribution < 1.29 is 9.53 Å². The number of fused-ring (bicyclic) bond motifs is 2. The van der Waals surface area contributed by atoms with E-state index < -0.39 is 6.04 Å². The molecule has 4 aromatic rings. The second kappa shape index (κ2) is 8.54. The molecule has 0 aliphatic carbocycles. The number of benzene rings is 3. The zero-order chi connectivity index (χ0) is 24.0. The average molecular weight is 469 g/mol. The number of nitrogens with zero attached hydrogens (tertiary/aromatic N) is 2. The molecule has 2 heterocycles. The highest BCUT2D eigenvalue weighted by atomic mass is 32.1. The Balaban J connectivity index is 1.86. The maximum absolute atomic E-state index is 13.8. The first kappa shape index (κ1) is 22.0. The van der Waals surface area contributed by atoms with E-state index in [9.17, 15) is 9.59 Å². The Morgan fingerprint density at radius 3 is 2.50 bits per heavy atom. The Kier molecular flexibility index (Phi) is 5.54. The van der Waals surface area contributed by atoms with Crippen LogP contribution in [0.25, 0.3) is 16.8 Å². The number of hydrogen-bond donors (Lipinski definition) is 0. The average Bonchev–Trinajstić information content (AvgIpc) is 3.13. The lowest BCUT2D eigenvalue weighted by Gasteiger charge is -2.27. The van der Waals surface area contributed by atoms with Crippen LogP contribution in [0.4, 0.5) is 0 Å². The maximum atomic E-state index is 13.8. The Morgan fingerprint density at radius 2 is 1.79 bits per heavy atom. The molecule has 0 unspecified atom stereocenters. The molecule has 0 fully saturated rings. The number of rotatable bonds is 4. The molecule has 34 heavy (non-hydrogen) atoms. The molecular weight excluding hydrogens is 444 g/mol. The molecule has 0 bridgehead atoms. The normalized spacial score (nSPS) is 15.9. The van der Waals surface area contributed by atoms with Gasteiger partial charge in [-0.1, -0.05) is 71.5 Å². The first-order valence-electron chi connectivity index (χ1n) is 11.0. The molecule has 6 heteroatoms. The molecule has 0 saturated heterocycles. The molecule has 1 aliphatic heterocycles. The minimum absolute atomic E-state index is 0.117. The van der Waals surface area contributed by atoms with Crippen LogP contribution in [0.1, 0.15) is 36.6 Å². The van der Waals surface area contributed by atoms with Gasteiger partial charge in [-0.3, -0.25) is 14.2 Å². The van der Waals surface area contributed by atoms with Gasteiger partial charge in [-0.25, -0.2) is 4.99 Å². The maximum Gasteiger partial charge on any atom is 0.271 e. The van der Waals surface area contributed by atoms with Crippen LogP contribution in [0, 0.1) is 6.92 Å². The number of hydrogen-bond acceptors (Lipinski definition) is 5. The van der Waals surface area contributed by atoms with Gasteiger partial charge in [0.25, 0.3) is 5.56 Å². The first-order valence-corrected chi connectivity index (χ1v) is 11.9. The van der Waals surface area contributed by atoms with Crippen LogP contribution in [0.3, 0.4) is 0 Å². The van der Waals surface area contributed by atoms with Crippen LogP contribution in [-0.2, 0) is 4.79 Å². The van der Waals surface area contributed by atoms with Crippen molar-refractivity contribution in [2.75, 3.05) is 7.11 Å². The number of Topliss-reactive ketones (excluding diaryl/α,β-unsaturated/α-hetero) is 1. The van der Waals surface area contributed by atoms with Gasteiger partial charge >= 0.3 is 0 Å². The fourth-order valence-corrected chi connectivity index (χ4v) is 5.64.